The molecule has 0 unspecified atom stereocenters. The first-order valence-electron chi connectivity index (χ1n) is 9.95. The maximum Gasteiger partial charge on any atom is 0.296 e. The van der Waals surface area contributed by atoms with E-state index in [1.165, 1.54) is 66.7 Å². The Kier molecular flexibility index (Phi) is 8.44. The van der Waals surface area contributed by atoms with Gasteiger partial charge in [0, 0.05) is 40.6 Å². The molecule has 0 spiro atoms. The monoisotopic (exact) mass is 550 g/mol. The van der Waals surface area contributed by atoms with E-state index in [2.05, 4.69) is 20.5 Å². The van der Waals surface area contributed by atoms with Crippen LogP contribution >= 0.6 is 0 Å². The van der Waals surface area contributed by atoms with E-state index in [4.69, 9.17) is 10.3 Å². The Hall–Kier alpha value is -3.24. The summed E-state index contributed by atoms with van der Waals surface area (Å²) in [5, 5.41) is 26.9. The van der Waals surface area contributed by atoms with Gasteiger partial charge in [0.15, 0.2) is 5.75 Å². The molecule has 4 rings (SSSR count). The number of hydrogen-bond acceptors (Lipinski definition) is 10. The second-order valence-corrected chi connectivity index (χ2v) is 10.2. The van der Waals surface area contributed by atoms with E-state index in [0.717, 1.165) is 6.07 Å². The number of anilines is 1. The van der Waals surface area contributed by atoms with Crippen LogP contribution in [0.4, 0.5) is 28.4 Å². The van der Waals surface area contributed by atoms with Gasteiger partial charge in [0.25, 0.3) is 20.2 Å². The third-order valence-corrected chi connectivity index (χ3v) is 6.62. The topological polar surface area (TPSA) is 204 Å². The van der Waals surface area contributed by atoms with Crippen LogP contribution in [0.25, 0.3) is 10.8 Å². The fourth-order valence-corrected chi connectivity index (χ4v) is 4.30. The molecule has 4 aromatic rings. The van der Waals surface area contributed by atoms with Crippen LogP contribution in [0, 0.1) is 0 Å². The number of hydrogen-bond donors (Lipinski definition) is 4. The van der Waals surface area contributed by atoms with Crippen LogP contribution in [-0.2, 0) is 20.2 Å². The van der Waals surface area contributed by atoms with Crippen molar-refractivity contribution in [2.24, 2.45) is 20.5 Å². The molecule has 0 heterocycles. The summed E-state index contributed by atoms with van der Waals surface area (Å²) in [4.78, 5) is -0.901. The van der Waals surface area contributed by atoms with Gasteiger partial charge in [-0.2, -0.15) is 32.2 Å². The summed E-state index contributed by atoms with van der Waals surface area (Å²) in [7, 11) is -9.05. The zero-order valence-corrected chi connectivity index (χ0v) is 22.7. The second-order valence-electron chi connectivity index (χ2n) is 7.41. The van der Waals surface area contributed by atoms with Gasteiger partial charge in [-0.1, -0.05) is 0 Å². The molecule has 1 radical (unpaired) electrons. The first kappa shape index (κ1) is 28.3. The molecule has 15 heteroatoms. The Balaban J connectivity index is 0.00000380. The molecular formula is C22H17N5NaO7S2. The van der Waals surface area contributed by atoms with Crippen LogP contribution < -0.4 is 5.73 Å². The van der Waals surface area contributed by atoms with Gasteiger partial charge < -0.3 is 10.8 Å². The predicted octanol–water partition coefficient (Wildman–Crippen LogP) is 5.07. The molecule has 12 nitrogen and oxygen atoms in total. The number of benzene rings is 4. The zero-order chi connectivity index (χ0) is 26.1. The first-order valence-corrected chi connectivity index (χ1v) is 12.8. The van der Waals surface area contributed by atoms with Crippen molar-refractivity contribution in [2.45, 2.75) is 9.79 Å². The molecule has 4 aromatic carbocycles. The van der Waals surface area contributed by atoms with Gasteiger partial charge in [0.2, 0.25) is 0 Å². The summed E-state index contributed by atoms with van der Waals surface area (Å²) in [5.41, 5.74) is 6.65. The van der Waals surface area contributed by atoms with Crippen LogP contribution in [0.15, 0.2) is 103 Å². The number of nitrogen functional groups attached to an aromatic ring is 1. The van der Waals surface area contributed by atoms with Crippen molar-refractivity contribution in [3.8, 4) is 5.75 Å². The molecule has 0 fully saturated rings. The number of fused-ring (bicyclic) bond motifs is 1. The largest absolute Gasteiger partial charge is 0.505 e. The van der Waals surface area contributed by atoms with Gasteiger partial charge in [-0.15, -0.1) is 5.11 Å². The average Bonchev–Trinajstić information content (AvgIpc) is 2.81. The van der Waals surface area contributed by atoms with Crippen LogP contribution in [0.1, 0.15) is 0 Å². The van der Waals surface area contributed by atoms with Crippen LogP contribution in [0.3, 0.4) is 0 Å². The molecule has 0 aliphatic rings. The van der Waals surface area contributed by atoms with E-state index in [0.29, 0.717) is 22.4 Å². The van der Waals surface area contributed by atoms with Crippen molar-refractivity contribution in [3.63, 3.8) is 0 Å². The standard InChI is InChI=1S/C22H17N5O7S2.Na/c23-14-1-10-19-13(11-14)12-20(36(32,33)34)21(22(19)28)27-26-16-4-2-15(3-5-16)24-25-17-6-8-18(9-7-17)35(29,30)31;/h1-12,28H,23H2,(H,29,30,31)(H,32,33,34);. The quantitative estimate of drug-likeness (QED) is 0.110. The molecule has 185 valence electrons. The number of aromatic hydroxyl groups is 1. The van der Waals surface area contributed by atoms with Crippen LogP contribution in [0.5, 0.6) is 5.75 Å². The Morgan fingerprint density at radius 3 is 1.62 bits per heavy atom. The summed E-state index contributed by atoms with van der Waals surface area (Å²) >= 11 is 0. The van der Waals surface area contributed by atoms with Gasteiger partial charge in [-0.25, -0.2) is 0 Å². The number of phenols is 1. The van der Waals surface area contributed by atoms with E-state index < -0.39 is 36.6 Å². The second kappa shape index (κ2) is 11.0. The van der Waals surface area contributed by atoms with Crippen LogP contribution in [0.2, 0.25) is 0 Å². The van der Waals surface area contributed by atoms with Crippen molar-refractivity contribution in [1.82, 2.24) is 0 Å². The van der Waals surface area contributed by atoms with Gasteiger partial charge in [-0.05, 0) is 78.2 Å². The molecule has 0 aliphatic carbocycles. The molecule has 0 aromatic heterocycles. The number of phenolic OH excluding ortho intramolecular Hbond substituents is 1. The van der Waals surface area contributed by atoms with Crippen molar-refractivity contribution in [1.29, 1.82) is 0 Å². The third kappa shape index (κ3) is 6.75. The van der Waals surface area contributed by atoms with Crippen molar-refractivity contribution in [3.05, 3.63) is 72.8 Å². The minimum Gasteiger partial charge on any atom is -0.505 e. The molecule has 0 atom stereocenters. The molecule has 0 aliphatic heterocycles. The Morgan fingerprint density at radius 1 is 0.649 bits per heavy atom. The minimum atomic E-state index is -4.75. The molecular weight excluding hydrogens is 533 g/mol. The number of nitrogens with zero attached hydrogens (tertiary/aromatic N) is 4. The van der Waals surface area contributed by atoms with E-state index in [1.54, 1.807) is 0 Å². The van der Waals surface area contributed by atoms with E-state index in [9.17, 15) is 26.5 Å². The van der Waals surface area contributed by atoms with Gasteiger partial charge >= 0.3 is 0 Å². The number of azo groups is 2. The summed E-state index contributed by atoms with van der Waals surface area (Å²) in [5.74, 6) is -0.491. The smallest absolute Gasteiger partial charge is 0.296 e. The Bertz CT molecular complexity index is 1740. The van der Waals surface area contributed by atoms with E-state index in [-0.39, 0.29) is 45.5 Å². The summed E-state index contributed by atoms with van der Waals surface area (Å²) in [6.45, 7) is 0. The van der Waals surface area contributed by atoms with Crippen molar-refractivity contribution < 1.29 is 31.0 Å². The van der Waals surface area contributed by atoms with Crippen molar-refractivity contribution >= 4 is 89.0 Å². The maximum atomic E-state index is 11.9. The Morgan fingerprint density at radius 2 is 1.14 bits per heavy atom. The minimum absolute atomic E-state index is 0. The average molecular weight is 551 g/mol. The molecule has 0 bridgehead atoms. The molecule has 0 saturated heterocycles. The fourth-order valence-electron chi connectivity index (χ4n) is 3.16. The Labute approximate surface area is 233 Å². The number of nitrogens with two attached hydrogens (primary N) is 1. The summed E-state index contributed by atoms with van der Waals surface area (Å²) in [6.07, 6.45) is 0. The summed E-state index contributed by atoms with van der Waals surface area (Å²) in [6, 6.07) is 16.8. The molecule has 0 amide bonds. The van der Waals surface area contributed by atoms with Gasteiger partial charge in [0.05, 0.1) is 22.0 Å². The number of rotatable bonds is 6. The van der Waals surface area contributed by atoms with Crippen LogP contribution in [-0.4, -0.2) is 60.6 Å². The molecule has 5 N–H and O–H groups in total. The van der Waals surface area contributed by atoms with Gasteiger partial charge in [-0.3, -0.25) is 9.11 Å². The van der Waals surface area contributed by atoms with Crippen molar-refractivity contribution in [2.75, 3.05) is 5.73 Å². The molecule has 37 heavy (non-hydrogen) atoms. The normalized spacial score (nSPS) is 12.3. The molecule has 0 saturated carbocycles. The van der Waals surface area contributed by atoms with E-state index in [1.807, 2.05) is 0 Å². The fraction of sp³-hybridized carbons (Fsp3) is 0. The zero-order valence-electron chi connectivity index (χ0n) is 19.1. The summed E-state index contributed by atoms with van der Waals surface area (Å²) < 4.78 is 64.6. The predicted molar refractivity (Wildman–Crippen MR) is 137 cm³/mol. The third-order valence-electron chi connectivity index (χ3n) is 4.88. The SMILES string of the molecule is Nc1ccc2c(O)c(N=Nc3ccc(N=Nc4ccc(S(=O)(=O)O)cc4)cc3)c(S(=O)(=O)O)cc2c1.[Na]. The van der Waals surface area contributed by atoms with E-state index >= 15 is 0 Å². The first-order chi connectivity index (χ1) is 16.9. The maximum absolute atomic E-state index is 11.9. The van der Waals surface area contributed by atoms with Gasteiger partial charge in [0.1, 0.15) is 10.6 Å².